The highest BCUT2D eigenvalue weighted by molar-refractivity contribution is 7.19. The minimum atomic E-state index is -0.268. The van der Waals surface area contributed by atoms with Crippen molar-refractivity contribution in [3.8, 4) is 10.8 Å². The van der Waals surface area contributed by atoms with Gasteiger partial charge in [-0.3, -0.25) is 0 Å². The summed E-state index contributed by atoms with van der Waals surface area (Å²) >= 11 is 1.40. The maximum atomic E-state index is 13.6. The van der Waals surface area contributed by atoms with Crippen molar-refractivity contribution < 1.29 is 8.91 Å². The maximum Gasteiger partial charge on any atom is 0.268 e. The number of nitrogens with two attached hydrogens (primary N) is 1. The third-order valence-corrected chi connectivity index (χ3v) is 3.96. The number of nitrogen functional groups attached to an aromatic ring is 1. The molecule has 0 atom stereocenters. The van der Waals surface area contributed by atoms with E-state index in [1.807, 2.05) is 13.0 Å². The zero-order valence-electron chi connectivity index (χ0n) is 10.8. The van der Waals surface area contributed by atoms with Gasteiger partial charge in [0.05, 0.1) is 9.88 Å². The maximum absolute atomic E-state index is 13.6. The number of anilines is 1. The molecule has 0 saturated heterocycles. The predicted molar refractivity (Wildman–Crippen MR) is 76.0 cm³/mol. The van der Waals surface area contributed by atoms with Crippen LogP contribution in [0.1, 0.15) is 17.0 Å². The number of aromatic nitrogens is 2. The Hall–Kier alpha value is -2.21. The molecule has 2 N–H and O–H groups in total. The van der Waals surface area contributed by atoms with Crippen LogP contribution in [0, 0.1) is 12.7 Å². The summed E-state index contributed by atoms with van der Waals surface area (Å²) in [4.78, 5) is 5.16. The second-order valence-corrected chi connectivity index (χ2v) is 5.53. The minimum absolute atomic E-state index is 0.268. The average molecular weight is 289 g/mol. The van der Waals surface area contributed by atoms with E-state index in [1.54, 1.807) is 18.2 Å². The lowest BCUT2D eigenvalue weighted by Gasteiger charge is -1.97. The molecule has 0 aliphatic heterocycles. The first-order valence-corrected chi connectivity index (χ1v) is 6.87. The van der Waals surface area contributed by atoms with Crippen LogP contribution in [0.3, 0.4) is 0 Å². The van der Waals surface area contributed by atoms with E-state index in [4.69, 9.17) is 10.3 Å². The minimum Gasteiger partial charge on any atom is -0.391 e. The molecule has 0 unspecified atom stereocenters. The summed E-state index contributed by atoms with van der Waals surface area (Å²) in [5.74, 6) is 0.613. The standard InChI is InChI=1S/C14H12FN3OS/c1-8-6-11(16)20-13(8)14-17-12(18-19-14)7-9-4-2-3-5-10(9)15/h2-6H,7,16H2,1H3. The largest absolute Gasteiger partial charge is 0.391 e. The SMILES string of the molecule is Cc1cc(N)sc1-c1nc(Cc2ccccc2F)no1. The molecular formula is C14H12FN3OS. The van der Waals surface area contributed by atoms with Crippen LogP contribution in [0.2, 0.25) is 0 Å². The quantitative estimate of drug-likeness (QED) is 0.802. The molecule has 3 aromatic rings. The first-order chi connectivity index (χ1) is 9.63. The Morgan fingerprint density at radius 2 is 2.15 bits per heavy atom. The van der Waals surface area contributed by atoms with Crippen molar-refractivity contribution in [3.63, 3.8) is 0 Å². The van der Waals surface area contributed by atoms with Crippen molar-refractivity contribution >= 4 is 16.3 Å². The monoisotopic (exact) mass is 289 g/mol. The van der Waals surface area contributed by atoms with E-state index in [0.29, 0.717) is 28.7 Å². The van der Waals surface area contributed by atoms with Crippen molar-refractivity contribution in [3.05, 3.63) is 53.1 Å². The fourth-order valence-corrected chi connectivity index (χ4v) is 2.81. The van der Waals surface area contributed by atoms with Crippen LogP contribution in [0.4, 0.5) is 9.39 Å². The van der Waals surface area contributed by atoms with Crippen LogP contribution < -0.4 is 5.73 Å². The Bertz CT molecular complexity index is 750. The molecule has 1 aromatic carbocycles. The summed E-state index contributed by atoms with van der Waals surface area (Å²) in [5.41, 5.74) is 7.28. The van der Waals surface area contributed by atoms with Gasteiger partial charge in [-0.1, -0.05) is 23.4 Å². The number of benzene rings is 1. The van der Waals surface area contributed by atoms with Gasteiger partial charge >= 0.3 is 0 Å². The number of halogens is 1. The van der Waals surface area contributed by atoms with Crippen molar-refractivity contribution in [2.24, 2.45) is 0 Å². The van der Waals surface area contributed by atoms with Crippen LogP contribution >= 0.6 is 11.3 Å². The van der Waals surface area contributed by atoms with Gasteiger partial charge in [-0.2, -0.15) is 4.98 Å². The van der Waals surface area contributed by atoms with Crippen molar-refractivity contribution in [1.82, 2.24) is 10.1 Å². The van der Waals surface area contributed by atoms with E-state index in [9.17, 15) is 4.39 Å². The van der Waals surface area contributed by atoms with E-state index in [-0.39, 0.29) is 5.82 Å². The summed E-state index contributed by atoms with van der Waals surface area (Å²) in [5, 5.41) is 4.59. The second-order valence-electron chi connectivity index (χ2n) is 4.44. The Kier molecular flexibility index (Phi) is 3.23. The number of rotatable bonds is 3. The van der Waals surface area contributed by atoms with Gasteiger partial charge < -0.3 is 10.3 Å². The molecule has 0 aliphatic carbocycles. The van der Waals surface area contributed by atoms with Gasteiger partial charge in [-0.05, 0) is 30.2 Å². The molecule has 102 valence electrons. The molecule has 2 aromatic heterocycles. The van der Waals surface area contributed by atoms with Gasteiger partial charge in [0.1, 0.15) is 5.82 Å². The molecule has 2 heterocycles. The fraction of sp³-hybridized carbons (Fsp3) is 0.143. The molecule has 0 radical (unpaired) electrons. The number of aryl methyl sites for hydroxylation is 1. The van der Waals surface area contributed by atoms with E-state index in [2.05, 4.69) is 10.1 Å². The van der Waals surface area contributed by atoms with Crippen LogP contribution in [0.5, 0.6) is 0 Å². The molecule has 3 rings (SSSR count). The van der Waals surface area contributed by atoms with E-state index < -0.39 is 0 Å². The van der Waals surface area contributed by atoms with Gasteiger partial charge in [0.15, 0.2) is 5.82 Å². The molecule has 0 fully saturated rings. The molecular weight excluding hydrogens is 277 g/mol. The summed E-state index contributed by atoms with van der Waals surface area (Å²) in [6.07, 6.45) is 0.302. The van der Waals surface area contributed by atoms with E-state index >= 15 is 0 Å². The molecule has 4 nitrogen and oxygen atoms in total. The number of nitrogens with zero attached hydrogens (tertiary/aromatic N) is 2. The highest BCUT2D eigenvalue weighted by atomic mass is 32.1. The highest BCUT2D eigenvalue weighted by Gasteiger charge is 2.15. The Morgan fingerprint density at radius 1 is 1.35 bits per heavy atom. The van der Waals surface area contributed by atoms with Crippen LogP contribution in [0.25, 0.3) is 10.8 Å². The summed E-state index contributed by atoms with van der Waals surface area (Å²) < 4.78 is 18.8. The molecule has 0 bridgehead atoms. The molecule has 0 saturated carbocycles. The van der Waals surface area contributed by atoms with Crippen molar-refractivity contribution in [2.75, 3.05) is 5.73 Å². The average Bonchev–Trinajstić information content (AvgIpc) is 2.99. The lowest BCUT2D eigenvalue weighted by Crippen LogP contribution is -1.94. The van der Waals surface area contributed by atoms with Crippen LogP contribution in [-0.2, 0) is 6.42 Å². The summed E-state index contributed by atoms with van der Waals surface area (Å²) in [7, 11) is 0. The number of hydrogen-bond acceptors (Lipinski definition) is 5. The van der Waals surface area contributed by atoms with Gasteiger partial charge in [0, 0.05) is 6.42 Å². The third-order valence-electron chi connectivity index (χ3n) is 2.91. The lowest BCUT2D eigenvalue weighted by molar-refractivity contribution is 0.424. The first-order valence-electron chi connectivity index (χ1n) is 6.06. The summed E-state index contributed by atoms with van der Waals surface area (Å²) in [6, 6.07) is 8.42. The lowest BCUT2D eigenvalue weighted by atomic mass is 10.1. The first kappa shape index (κ1) is 12.8. The van der Waals surface area contributed by atoms with Crippen LogP contribution in [-0.4, -0.2) is 10.1 Å². The summed E-state index contributed by atoms with van der Waals surface area (Å²) in [6.45, 7) is 1.93. The van der Waals surface area contributed by atoms with E-state index in [0.717, 1.165) is 10.4 Å². The smallest absolute Gasteiger partial charge is 0.268 e. The molecule has 6 heteroatoms. The normalized spacial score (nSPS) is 10.9. The number of hydrogen-bond donors (Lipinski definition) is 1. The molecule has 0 spiro atoms. The Labute approximate surface area is 119 Å². The fourth-order valence-electron chi connectivity index (χ4n) is 1.95. The van der Waals surface area contributed by atoms with Gasteiger partial charge in [-0.15, -0.1) is 11.3 Å². The topological polar surface area (TPSA) is 64.9 Å². The zero-order chi connectivity index (χ0) is 14.1. The van der Waals surface area contributed by atoms with Gasteiger partial charge in [0.2, 0.25) is 0 Å². The Balaban J connectivity index is 1.88. The molecule has 0 amide bonds. The van der Waals surface area contributed by atoms with Gasteiger partial charge in [0.25, 0.3) is 5.89 Å². The molecule has 20 heavy (non-hydrogen) atoms. The Morgan fingerprint density at radius 3 is 2.85 bits per heavy atom. The third kappa shape index (κ3) is 2.42. The van der Waals surface area contributed by atoms with Crippen molar-refractivity contribution in [2.45, 2.75) is 13.3 Å². The predicted octanol–water partition coefficient (Wildman–Crippen LogP) is 3.42. The van der Waals surface area contributed by atoms with Crippen LogP contribution in [0.15, 0.2) is 34.9 Å². The number of thiophene rings is 1. The zero-order valence-corrected chi connectivity index (χ0v) is 11.6. The van der Waals surface area contributed by atoms with E-state index in [1.165, 1.54) is 17.4 Å². The molecule has 0 aliphatic rings. The van der Waals surface area contributed by atoms with Gasteiger partial charge in [-0.25, -0.2) is 4.39 Å². The second kappa shape index (κ2) is 5.05. The highest BCUT2D eigenvalue weighted by Crippen LogP contribution is 2.32. The van der Waals surface area contributed by atoms with Crippen molar-refractivity contribution in [1.29, 1.82) is 0 Å².